The SMILES string of the molecule is CCNC(=NCc1sc(C)nc1C)NCc1sc(-c2ccccc2)nc1C. The number of thiazole rings is 2. The van der Waals surface area contributed by atoms with Crippen molar-refractivity contribution in [1.29, 1.82) is 0 Å². The van der Waals surface area contributed by atoms with E-state index in [0.29, 0.717) is 13.1 Å². The van der Waals surface area contributed by atoms with Gasteiger partial charge in [-0.3, -0.25) is 0 Å². The van der Waals surface area contributed by atoms with Crippen LogP contribution in [0, 0.1) is 20.8 Å². The summed E-state index contributed by atoms with van der Waals surface area (Å²) in [6.07, 6.45) is 0. The predicted octanol–water partition coefficient (Wildman–Crippen LogP) is 4.45. The Labute approximate surface area is 168 Å². The first kappa shape index (κ1) is 19.5. The summed E-state index contributed by atoms with van der Waals surface area (Å²) < 4.78 is 0. The van der Waals surface area contributed by atoms with Crippen molar-refractivity contribution in [2.45, 2.75) is 40.8 Å². The Hall–Kier alpha value is -2.25. The quantitative estimate of drug-likeness (QED) is 0.475. The first-order chi connectivity index (χ1) is 13.1. The molecule has 0 saturated heterocycles. The Morgan fingerprint density at radius 3 is 2.37 bits per heavy atom. The second kappa shape index (κ2) is 9.10. The molecule has 0 spiro atoms. The predicted molar refractivity (Wildman–Crippen MR) is 116 cm³/mol. The number of rotatable bonds is 6. The normalized spacial score (nSPS) is 11.6. The molecule has 2 heterocycles. The monoisotopic (exact) mass is 399 g/mol. The molecule has 2 aromatic heterocycles. The Balaban J connectivity index is 1.68. The molecule has 0 bridgehead atoms. The van der Waals surface area contributed by atoms with Gasteiger partial charge >= 0.3 is 0 Å². The molecule has 0 unspecified atom stereocenters. The van der Waals surface area contributed by atoms with Gasteiger partial charge in [0.15, 0.2) is 5.96 Å². The number of benzene rings is 1. The van der Waals surface area contributed by atoms with E-state index in [-0.39, 0.29) is 0 Å². The lowest BCUT2D eigenvalue weighted by molar-refractivity contribution is 0.819. The van der Waals surface area contributed by atoms with E-state index < -0.39 is 0 Å². The van der Waals surface area contributed by atoms with Crippen LogP contribution in [0.3, 0.4) is 0 Å². The van der Waals surface area contributed by atoms with E-state index in [1.165, 1.54) is 9.75 Å². The van der Waals surface area contributed by atoms with E-state index in [4.69, 9.17) is 9.98 Å². The standard InChI is InChI=1S/C20H25N5S2/c1-5-21-20(22-11-17-13(2)24-15(4)26-17)23-12-18-14(3)25-19(27-18)16-9-7-6-8-10-16/h6-10H,5,11-12H2,1-4H3,(H2,21,22,23). The summed E-state index contributed by atoms with van der Waals surface area (Å²) in [6, 6.07) is 10.3. The van der Waals surface area contributed by atoms with Crippen molar-refractivity contribution in [1.82, 2.24) is 20.6 Å². The Bertz CT molecular complexity index is 912. The minimum atomic E-state index is 0.642. The summed E-state index contributed by atoms with van der Waals surface area (Å²) in [4.78, 5) is 16.4. The van der Waals surface area contributed by atoms with Gasteiger partial charge < -0.3 is 10.6 Å². The number of hydrogen-bond acceptors (Lipinski definition) is 5. The van der Waals surface area contributed by atoms with Crippen molar-refractivity contribution >= 4 is 28.6 Å². The van der Waals surface area contributed by atoms with E-state index in [9.17, 15) is 0 Å². The molecule has 0 amide bonds. The third kappa shape index (κ3) is 5.14. The second-order valence-electron chi connectivity index (χ2n) is 6.18. The van der Waals surface area contributed by atoms with E-state index in [2.05, 4.69) is 41.6 Å². The molecule has 0 radical (unpaired) electrons. The first-order valence-electron chi connectivity index (χ1n) is 9.03. The lowest BCUT2D eigenvalue weighted by Crippen LogP contribution is -2.36. The largest absolute Gasteiger partial charge is 0.357 e. The molecule has 142 valence electrons. The topological polar surface area (TPSA) is 62.2 Å². The highest BCUT2D eigenvalue weighted by Crippen LogP contribution is 2.27. The molecule has 0 fully saturated rings. The number of aryl methyl sites for hydroxylation is 3. The third-order valence-corrected chi connectivity index (χ3v) is 6.32. The smallest absolute Gasteiger partial charge is 0.191 e. The molecular weight excluding hydrogens is 374 g/mol. The molecule has 0 atom stereocenters. The van der Waals surface area contributed by atoms with Gasteiger partial charge in [0.25, 0.3) is 0 Å². The van der Waals surface area contributed by atoms with Crippen LogP contribution in [0.1, 0.15) is 33.1 Å². The van der Waals surface area contributed by atoms with Crippen LogP contribution < -0.4 is 10.6 Å². The molecule has 3 aromatic rings. The van der Waals surface area contributed by atoms with Crippen molar-refractivity contribution < 1.29 is 0 Å². The highest BCUT2D eigenvalue weighted by Gasteiger charge is 2.10. The molecular formula is C20H25N5S2. The van der Waals surface area contributed by atoms with E-state index >= 15 is 0 Å². The molecule has 0 saturated carbocycles. The van der Waals surface area contributed by atoms with Gasteiger partial charge in [0.05, 0.1) is 29.5 Å². The number of hydrogen-bond donors (Lipinski definition) is 2. The number of aromatic nitrogens is 2. The Morgan fingerprint density at radius 1 is 0.963 bits per heavy atom. The maximum Gasteiger partial charge on any atom is 0.191 e. The maximum absolute atomic E-state index is 4.72. The maximum atomic E-state index is 4.72. The number of nitrogens with one attached hydrogen (secondary N) is 2. The zero-order chi connectivity index (χ0) is 19.2. The van der Waals surface area contributed by atoms with Crippen molar-refractivity contribution in [3.05, 3.63) is 56.5 Å². The van der Waals surface area contributed by atoms with Gasteiger partial charge in [-0.1, -0.05) is 30.3 Å². The summed E-state index contributed by atoms with van der Waals surface area (Å²) in [5.41, 5.74) is 3.30. The van der Waals surface area contributed by atoms with Crippen LogP contribution in [0.25, 0.3) is 10.6 Å². The molecule has 2 N–H and O–H groups in total. The molecule has 5 nitrogen and oxygen atoms in total. The Kier molecular flexibility index (Phi) is 6.58. The number of aliphatic imine (C=N–C) groups is 1. The van der Waals surface area contributed by atoms with Gasteiger partial charge in [0.1, 0.15) is 5.01 Å². The molecule has 0 aliphatic rings. The summed E-state index contributed by atoms with van der Waals surface area (Å²) in [7, 11) is 0. The lowest BCUT2D eigenvalue weighted by atomic mass is 10.2. The van der Waals surface area contributed by atoms with Gasteiger partial charge in [-0.2, -0.15) is 0 Å². The van der Waals surface area contributed by atoms with Crippen molar-refractivity contribution in [3.63, 3.8) is 0 Å². The van der Waals surface area contributed by atoms with E-state index in [1.807, 2.05) is 32.0 Å². The molecule has 7 heteroatoms. The van der Waals surface area contributed by atoms with Crippen LogP contribution in [0.5, 0.6) is 0 Å². The van der Waals surface area contributed by atoms with Crippen LogP contribution in [-0.4, -0.2) is 22.5 Å². The summed E-state index contributed by atoms with van der Waals surface area (Å²) >= 11 is 3.44. The van der Waals surface area contributed by atoms with Crippen LogP contribution in [0.4, 0.5) is 0 Å². The fourth-order valence-electron chi connectivity index (χ4n) is 2.67. The van der Waals surface area contributed by atoms with Crippen molar-refractivity contribution in [3.8, 4) is 10.6 Å². The van der Waals surface area contributed by atoms with Crippen molar-refractivity contribution in [2.75, 3.05) is 6.54 Å². The molecule has 27 heavy (non-hydrogen) atoms. The highest BCUT2D eigenvalue weighted by molar-refractivity contribution is 7.15. The molecule has 1 aromatic carbocycles. The minimum absolute atomic E-state index is 0.642. The van der Waals surface area contributed by atoms with Gasteiger partial charge in [0.2, 0.25) is 0 Å². The average Bonchev–Trinajstić information content (AvgIpc) is 3.19. The highest BCUT2D eigenvalue weighted by atomic mass is 32.1. The summed E-state index contributed by atoms with van der Waals surface area (Å²) in [5, 5.41) is 8.89. The third-order valence-electron chi connectivity index (χ3n) is 4.05. The lowest BCUT2D eigenvalue weighted by Gasteiger charge is -2.10. The van der Waals surface area contributed by atoms with Crippen LogP contribution in [-0.2, 0) is 13.1 Å². The molecule has 0 aliphatic heterocycles. The van der Waals surface area contributed by atoms with Gasteiger partial charge in [-0.05, 0) is 27.7 Å². The summed E-state index contributed by atoms with van der Waals surface area (Å²) in [6.45, 7) is 10.4. The first-order valence-corrected chi connectivity index (χ1v) is 10.7. The van der Waals surface area contributed by atoms with Gasteiger partial charge in [-0.15, -0.1) is 22.7 Å². The molecule has 0 aliphatic carbocycles. The fourth-order valence-corrected chi connectivity index (χ4v) is 4.54. The zero-order valence-corrected chi connectivity index (χ0v) is 17.8. The van der Waals surface area contributed by atoms with Crippen LogP contribution in [0.15, 0.2) is 35.3 Å². The van der Waals surface area contributed by atoms with E-state index in [1.54, 1.807) is 22.7 Å². The number of guanidine groups is 1. The van der Waals surface area contributed by atoms with Gasteiger partial charge in [-0.25, -0.2) is 15.0 Å². The zero-order valence-electron chi connectivity index (χ0n) is 16.2. The average molecular weight is 400 g/mol. The minimum Gasteiger partial charge on any atom is -0.357 e. The second-order valence-corrected chi connectivity index (χ2v) is 8.56. The Morgan fingerprint density at radius 2 is 1.70 bits per heavy atom. The van der Waals surface area contributed by atoms with Crippen LogP contribution >= 0.6 is 22.7 Å². The van der Waals surface area contributed by atoms with Crippen LogP contribution in [0.2, 0.25) is 0 Å². The summed E-state index contributed by atoms with van der Waals surface area (Å²) in [5.74, 6) is 0.817. The fraction of sp³-hybridized carbons (Fsp3) is 0.350. The van der Waals surface area contributed by atoms with E-state index in [0.717, 1.165) is 39.5 Å². The molecule has 3 rings (SSSR count). The number of nitrogens with zero attached hydrogens (tertiary/aromatic N) is 3. The van der Waals surface area contributed by atoms with Crippen molar-refractivity contribution in [2.24, 2.45) is 4.99 Å². The van der Waals surface area contributed by atoms with Gasteiger partial charge in [0, 0.05) is 21.9 Å².